The van der Waals surface area contributed by atoms with Crippen LogP contribution in [0.3, 0.4) is 0 Å². The summed E-state index contributed by atoms with van der Waals surface area (Å²) in [5.74, 6) is -0.104. The molecule has 4 N–H and O–H groups in total. The number of nitrogens with one attached hydrogen (secondary N) is 2. The lowest BCUT2D eigenvalue weighted by Crippen LogP contribution is -2.27. The number of nitrogens with two attached hydrogens (primary N) is 1. The van der Waals surface area contributed by atoms with Crippen molar-refractivity contribution in [1.29, 1.82) is 0 Å². The molecule has 13 nitrogen and oxygen atoms in total. The molecule has 0 fully saturated rings. The number of anilines is 1. The first kappa shape index (κ1) is 27.6. The molecule has 0 unspecified atom stereocenters. The summed E-state index contributed by atoms with van der Waals surface area (Å²) in [5.41, 5.74) is 8.99. The molecule has 1 aromatic carbocycles. The van der Waals surface area contributed by atoms with E-state index >= 15 is 0 Å². The van der Waals surface area contributed by atoms with Crippen LogP contribution in [-0.4, -0.2) is 55.4 Å². The minimum atomic E-state index is -0.594. The highest BCUT2D eigenvalue weighted by Crippen LogP contribution is 2.38. The van der Waals surface area contributed by atoms with Crippen molar-refractivity contribution in [3.63, 3.8) is 0 Å². The molecule has 3 amide bonds. The van der Waals surface area contributed by atoms with E-state index in [2.05, 4.69) is 25.7 Å². The van der Waals surface area contributed by atoms with Gasteiger partial charge in [-0.15, -0.1) is 0 Å². The van der Waals surface area contributed by atoms with Gasteiger partial charge in [0, 0.05) is 31.0 Å². The molecule has 0 radical (unpaired) electrons. The molecule has 0 aliphatic carbocycles. The van der Waals surface area contributed by atoms with Gasteiger partial charge in [0.1, 0.15) is 30.2 Å². The normalized spacial score (nSPS) is 14.0. The van der Waals surface area contributed by atoms with Crippen LogP contribution in [0.25, 0.3) is 11.0 Å². The number of pyridine rings is 1. The molecule has 3 aromatic heterocycles. The van der Waals surface area contributed by atoms with Crippen molar-refractivity contribution in [2.45, 2.75) is 52.3 Å². The topological polar surface area (TPSA) is 168 Å². The number of carbonyl (C=O) groups excluding carboxylic acids is 3. The largest absolute Gasteiger partial charge is 0.489 e. The van der Waals surface area contributed by atoms with Crippen LogP contribution in [-0.2, 0) is 17.9 Å². The number of carbonyl (C=O) groups is 3. The molecule has 4 aromatic rings. The van der Waals surface area contributed by atoms with Gasteiger partial charge in [-0.05, 0) is 69.0 Å². The number of hydrogen-bond acceptors (Lipinski definition) is 8. The summed E-state index contributed by atoms with van der Waals surface area (Å²) in [7, 11) is 0. The Morgan fingerprint density at radius 2 is 1.98 bits per heavy atom. The SMILES string of the molecule is CCn1nc(C)cc1C(=O)Nc1nc2cc(C(N)=O)cc3c2n1[C@@H](CCCCNC(=O)OCc1ccncc1)CO3. The second-order valence-electron chi connectivity index (χ2n) is 9.77. The van der Waals surface area contributed by atoms with Crippen molar-refractivity contribution in [2.75, 3.05) is 18.5 Å². The predicted octanol–water partition coefficient (Wildman–Crippen LogP) is 3.34. The zero-order valence-electron chi connectivity index (χ0n) is 22.9. The lowest BCUT2D eigenvalue weighted by atomic mass is 10.1. The molecule has 0 bridgehead atoms. The first-order valence-corrected chi connectivity index (χ1v) is 13.5. The Morgan fingerprint density at radius 3 is 2.73 bits per heavy atom. The van der Waals surface area contributed by atoms with Gasteiger partial charge in [-0.1, -0.05) is 0 Å². The molecule has 4 heterocycles. The van der Waals surface area contributed by atoms with Crippen molar-refractivity contribution >= 4 is 34.9 Å². The molecule has 0 saturated carbocycles. The minimum absolute atomic E-state index is 0.140. The number of ether oxygens (including phenoxy) is 2. The van der Waals surface area contributed by atoms with Gasteiger partial charge in [0.2, 0.25) is 11.9 Å². The average Bonchev–Trinajstić information content (AvgIpc) is 3.54. The number of rotatable bonds is 11. The number of primary amides is 1. The molecular formula is C28H32N8O5. The van der Waals surface area contributed by atoms with Crippen LogP contribution in [0.15, 0.2) is 42.7 Å². The monoisotopic (exact) mass is 560 g/mol. The number of imidazole rings is 1. The van der Waals surface area contributed by atoms with Gasteiger partial charge in [-0.25, -0.2) is 9.78 Å². The fraction of sp³-hybridized carbons (Fsp3) is 0.357. The summed E-state index contributed by atoms with van der Waals surface area (Å²) in [6.45, 7) is 5.23. The van der Waals surface area contributed by atoms with Gasteiger partial charge in [-0.3, -0.25) is 24.6 Å². The second-order valence-corrected chi connectivity index (χ2v) is 9.77. The van der Waals surface area contributed by atoms with Crippen molar-refractivity contribution < 1.29 is 23.9 Å². The van der Waals surface area contributed by atoms with Crippen molar-refractivity contribution in [3.05, 3.63) is 65.2 Å². The average molecular weight is 561 g/mol. The maximum absolute atomic E-state index is 13.3. The van der Waals surface area contributed by atoms with E-state index in [1.807, 2.05) is 18.4 Å². The maximum Gasteiger partial charge on any atom is 0.407 e. The van der Waals surface area contributed by atoms with E-state index in [1.165, 1.54) is 0 Å². The number of alkyl carbamates (subject to hydrolysis) is 1. The summed E-state index contributed by atoms with van der Waals surface area (Å²) in [5, 5.41) is 10.1. The lowest BCUT2D eigenvalue weighted by Gasteiger charge is -2.27. The molecule has 0 spiro atoms. The predicted molar refractivity (Wildman–Crippen MR) is 150 cm³/mol. The van der Waals surface area contributed by atoms with E-state index in [-0.39, 0.29) is 24.1 Å². The number of amides is 3. The number of hydrogen-bond donors (Lipinski definition) is 3. The van der Waals surface area contributed by atoms with Crippen LogP contribution >= 0.6 is 0 Å². The molecular weight excluding hydrogens is 528 g/mol. The molecule has 1 aliphatic heterocycles. The summed E-state index contributed by atoms with van der Waals surface area (Å²) in [6, 6.07) is 8.36. The summed E-state index contributed by atoms with van der Waals surface area (Å²) >= 11 is 0. The third-order valence-electron chi connectivity index (χ3n) is 6.84. The highest BCUT2D eigenvalue weighted by Gasteiger charge is 2.29. The number of aromatic nitrogens is 5. The fourth-order valence-electron chi connectivity index (χ4n) is 4.87. The van der Waals surface area contributed by atoms with Crippen LogP contribution in [0.5, 0.6) is 5.75 Å². The van der Waals surface area contributed by atoms with Crippen molar-refractivity contribution in [1.82, 2.24) is 29.6 Å². The van der Waals surface area contributed by atoms with Gasteiger partial charge in [0.05, 0.1) is 17.3 Å². The van der Waals surface area contributed by atoms with Crippen LogP contribution < -0.4 is 21.1 Å². The third kappa shape index (κ3) is 6.13. The second kappa shape index (κ2) is 12.1. The first-order valence-electron chi connectivity index (χ1n) is 13.5. The van der Waals surface area contributed by atoms with Crippen LogP contribution in [0.1, 0.15) is 64.3 Å². The van der Waals surface area contributed by atoms with Gasteiger partial charge >= 0.3 is 6.09 Å². The Kier molecular flexibility index (Phi) is 8.13. The molecule has 1 aliphatic rings. The first-order chi connectivity index (χ1) is 19.8. The highest BCUT2D eigenvalue weighted by molar-refractivity contribution is 6.04. The van der Waals surface area contributed by atoms with E-state index in [4.69, 9.17) is 15.2 Å². The minimum Gasteiger partial charge on any atom is -0.489 e. The summed E-state index contributed by atoms with van der Waals surface area (Å²) < 4.78 is 14.8. The number of unbranched alkanes of at least 4 members (excludes halogenated alkanes) is 1. The Morgan fingerprint density at radius 1 is 1.17 bits per heavy atom. The van der Waals surface area contributed by atoms with Crippen LogP contribution in [0.2, 0.25) is 0 Å². The number of aryl methyl sites for hydroxylation is 2. The molecule has 41 heavy (non-hydrogen) atoms. The highest BCUT2D eigenvalue weighted by atomic mass is 16.5. The fourth-order valence-corrected chi connectivity index (χ4v) is 4.87. The van der Waals surface area contributed by atoms with Crippen molar-refractivity contribution in [2.24, 2.45) is 5.73 Å². The summed E-state index contributed by atoms with van der Waals surface area (Å²) in [6.07, 6.45) is 4.99. The van der Waals surface area contributed by atoms with E-state index in [0.717, 1.165) is 17.7 Å². The van der Waals surface area contributed by atoms with Crippen molar-refractivity contribution in [3.8, 4) is 5.75 Å². The van der Waals surface area contributed by atoms with E-state index in [9.17, 15) is 14.4 Å². The quantitative estimate of drug-likeness (QED) is 0.235. The van der Waals surface area contributed by atoms with Gasteiger partial charge in [0.15, 0.2) is 0 Å². The number of benzene rings is 1. The zero-order chi connectivity index (χ0) is 28.9. The van der Waals surface area contributed by atoms with Gasteiger partial charge in [0.25, 0.3) is 5.91 Å². The smallest absolute Gasteiger partial charge is 0.407 e. The van der Waals surface area contributed by atoms with E-state index in [1.54, 1.807) is 47.4 Å². The Hall–Kier alpha value is -4.94. The number of nitrogens with zero attached hydrogens (tertiary/aromatic N) is 5. The molecule has 5 rings (SSSR count). The molecule has 1 atom stereocenters. The van der Waals surface area contributed by atoms with Gasteiger partial charge < -0.3 is 25.1 Å². The Balaban J connectivity index is 1.27. The molecule has 0 saturated heterocycles. The van der Waals surface area contributed by atoms with E-state index < -0.39 is 12.0 Å². The van der Waals surface area contributed by atoms with E-state index in [0.29, 0.717) is 61.0 Å². The Labute approximate surface area is 236 Å². The zero-order valence-corrected chi connectivity index (χ0v) is 22.9. The summed E-state index contributed by atoms with van der Waals surface area (Å²) in [4.78, 5) is 45.8. The molecule has 214 valence electrons. The Bertz CT molecular complexity index is 1580. The third-order valence-corrected chi connectivity index (χ3v) is 6.84. The maximum atomic E-state index is 13.3. The molecule has 13 heteroatoms. The van der Waals surface area contributed by atoms with Crippen LogP contribution in [0.4, 0.5) is 10.7 Å². The lowest BCUT2D eigenvalue weighted by molar-refractivity contribution is 0.0995. The van der Waals surface area contributed by atoms with Crippen LogP contribution in [0, 0.1) is 6.92 Å². The standard InChI is InChI=1S/C28H32N8O5/c1-3-35-22(12-17(2)34-35)26(38)33-27-32-21-13-19(25(29)37)14-23-24(21)36(27)20(16-40-23)6-4-5-9-31-28(39)41-15-18-7-10-30-11-8-18/h7-8,10-14,20H,3-6,9,15-16H2,1-2H3,(H2,29,37)(H,31,39)(H,32,33,38)/t20-/m0/s1. The van der Waals surface area contributed by atoms with Gasteiger partial charge in [-0.2, -0.15) is 5.10 Å².